The molecule has 0 saturated carbocycles. The minimum atomic E-state index is -0.366. The summed E-state index contributed by atoms with van der Waals surface area (Å²) in [7, 11) is 3.68. The maximum Gasteiger partial charge on any atom is 0.299 e. The van der Waals surface area contributed by atoms with Crippen molar-refractivity contribution in [2.45, 2.75) is 27.0 Å². The molecule has 7 heteroatoms. The number of carbonyl (C=O) groups excluding carboxylic acids is 1. The first-order valence-corrected chi connectivity index (χ1v) is 9.98. The molecule has 0 atom stereocenters. The van der Waals surface area contributed by atoms with Crippen LogP contribution in [-0.2, 0) is 13.2 Å². The van der Waals surface area contributed by atoms with Crippen molar-refractivity contribution >= 4 is 23.3 Å². The van der Waals surface area contributed by atoms with E-state index in [0.717, 1.165) is 22.6 Å². The molecule has 0 spiro atoms. The molecule has 0 fully saturated rings. The largest absolute Gasteiger partial charge is 0.489 e. The van der Waals surface area contributed by atoms with Gasteiger partial charge in [-0.3, -0.25) is 9.48 Å². The van der Waals surface area contributed by atoms with Crippen LogP contribution < -0.4 is 4.74 Å². The van der Waals surface area contributed by atoms with Gasteiger partial charge in [-0.25, -0.2) is 0 Å². The van der Waals surface area contributed by atoms with E-state index in [1.807, 2.05) is 63.5 Å². The molecule has 2 aromatic carbocycles. The Labute approximate surface area is 181 Å². The third-order valence-electron chi connectivity index (χ3n) is 4.69. The molecule has 1 aromatic heterocycles. The van der Waals surface area contributed by atoms with E-state index in [4.69, 9.17) is 16.3 Å². The van der Waals surface area contributed by atoms with Crippen LogP contribution in [0, 0.1) is 6.92 Å². The van der Waals surface area contributed by atoms with Gasteiger partial charge >= 0.3 is 0 Å². The summed E-state index contributed by atoms with van der Waals surface area (Å²) < 4.78 is 7.79. The van der Waals surface area contributed by atoms with Gasteiger partial charge in [0.15, 0.2) is 5.69 Å². The molecule has 0 aliphatic heterocycles. The van der Waals surface area contributed by atoms with Crippen LogP contribution in [0.2, 0.25) is 5.02 Å². The van der Waals surface area contributed by atoms with Crippen molar-refractivity contribution in [1.29, 1.82) is 0 Å². The number of hydrogen-bond donors (Lipinski definition) is 0. The quantitative estimate of drug-likeness (QED) is 0.429. The monoisotopic (exact) mass is 424 g/mol. The van der Waals surface area contributed by atoms with Crippen LogP contribution in [0.4, 0.5) is 0 Å². The number of amidine groups is 1. The topological polar surface area (TPSA) is 59.7 Å². The summed E-state index contributed by atoms with van der Waals surface area (Å²) in [5, 5.41) is 5.06. The van der Waals surface area contributed by atoms with Crippen LogP contribution in [0.3, 0.4) is 0 Å². The number of benzene rings is 2. The molecular formula is C23H25ClN4O2. The predicted molar refractivity (Wildman–Crippen MR) is 119 cm³/mol. The van der Waals surface area contributed by atoms with Gasteiger partial charge in [-0.15, -0.1) is 0 Å². The van der Waals surface area contributed by atoms with E-state index in [0.29, 0.717) is 29.7 Å². The number of aryl methyl sites for hydroxylation is 1. The fraction of sp³-hybridized carbons (Fsp3) is 0.261. The lowest BCUT2D eigenvalue weighted by Crippen LogP contribution is -2.20. The van der Waals surface area contributed by atoms with Crippen LogP contribution in [-0.4, -0.2) is 40.5 Å². The van der Waals surface area contributed by atoms with Gasteiger partial charge in [0.2, 0.25) is 0 Å². The Kier molecular flexibility index (Phi) is 6.90. The zero-order chi connectivity index (χ0) is 21.7. The van der Waals surface area contributed by atoms with E-state index >= 15 is 0 Å². The Morgan fingerprint density at radius 3 is 2.60 bits per heavy atom. The van der Waals surface area contributed by atoms with E-state index in [-0.39, 0.29) is 5.91 Å². The zero-order valence-electron chi connectivity index (χ0n) is 17.6. The lowest BCUT2D eigenvalue weighted by molar-refractivity contribution is 0.0996. The average molecular weight is 425 g/mol. The van der Waals surface area contributed by atoms with Crippen LogP contribution in [0.25, 0.3) is 0 Å². The van der Waals surface area contributed by atoms with Gasteiger partial charge in [0.05, 0.1) is 6.54 Å². The molecule has 0 saturated heterocycles. The number of amides is 1. The first kappa shape index (κ1) is 21.6. The van der Waals surface area contributed by atoms with Gasteiger partial charge in [0, 0.05) is 30.4 Å². The van der Waals surface area contributed by atoms with E-state index in [1.54, 1.807) is 28.6 Å². The highest BCUT2D eigenvalue weighted by molar-refractivity contribution is 6.30. The molecule has 30 heavy (non-hydrogen) atoms. The summed E-state index contributed by atoms with van der Waals surface area (Å²) >= 11 is 6.22. The van der Waals surface area contributed by atoms with Gasteiger partial charge in [0.25, 0.3) is 5.91 Å². The molecule has 0 aliphatic carbocycles. The van der Waals surface area contributed by atoms with Gasteiger partial charge in [0.1, 0.15) is 18.2 Å². The number of ether oxygens (including phenoxy) is 1. The van der Waals surface area contributed by atoms with Gasteiger partial charge in [-0.1, -0.05) is 41.9 Å². The third kappa shape index (κ3) is 5.48. The Morgan fingerprint density at radius 1 is 1.17 bits per heavy atom. The molecule has 0 unspecified atom stereocenters. The number of hydrogen-bond acceptors (Lipinski definition) is 3. The van der Waals surface area contributed by atoms with Gasteiger partial charge in [-0.2, -0.15) is 10.1 Å². The highest BCUT2D eigenvalue weighted by Gasteiger charge is 2.14. The Hall–Kier alpha value is -3.12. The minimum absolute atomic E-state index is 0.308. The van der Waals surface area contributed by atoms with Crippen LogP contribution >= 0.6 is 11.6 Å². The Balaban J connectivity index is 1.81. The molecule has 3 rings (SSSR count). The molecule has 6 nitrogen and oxygen atoms in total. The summed E-state index contributed by atoms with van der Waals surface area (Å²) in [5.74, 6) is 0.987. The lowest BCUT2D eigenvalue weighted by atomic mass is 10.2. The van der Waals surface area contributed by atoms with E-state index < -0.39 is 0 Å². The van der Waals surface area contributed by atoms with Gasteiger partial charge < -0.3 is 9.64 Å². The standard InChI is InChI=1S/C23H25ClN4O2/c1-16-12-21(23(29)25-17(2)27(3)4)26-28(16)14-19-13-20(24)10-11-22(19)30-15-18-8-6-5-7-9-18/h5-13H,14-15H2,1-4H3. The van der Waals surface area contributed by atoms with Crippen molar-refractivity contribution in [2.24, 2.45) is 4.99 Å². The number of carbonyl (C=O) groups is 1. The summed E-state index contributed by atoms with van der Waals surface area (Å²) in [4.78, 5) is 18.3. The van der Waals surface area contributed by atoms with E-state index in [9.17, 15) is 4.79 Å². The summed E-state index contributed by atoms with van der Waals surface area (Å²) in [6.07, 6.45) is 0. The Morgan fingerprint density at radius 2 is 1.90 bits per heavy atom. The fourth-order valence-corrected chi connectivity index (χ4v) is 2.98. The first-order valence-electron chi connectivity index (χ1n) is 9.60. The van der Waals surface area contributed by atoms with Crippen molar-refractivity contribution in [3.8, 4) is 5.75 Å². The number of halogens is 1. The zero-order valence-corrected chi connectivity index (χ0v) is 18.3. The summed E-state index contributed by atoms with van der Waals surface area (Å²) in [5.41, 5.74) is 3.12. The number of aromatic nitrogens is 2. The van der Waals surface area contributed by atoms with Crippen molar-refractivity contribution in [2.75, 3.05) is 14.1 Å². The molecular weight excluding hydrogens is 400 g/mol. The third-order valence-corrected chi connectivity index (χ3v) is 4.93. The SMILES string of the molecule is CC(=NC(=O)c1cc(C)n(Cc2cc(Cl)ccc2OCc2ccccc2)n1)N(C)C. The second kappa shape index (κ2) is 9.59. The molecule has 0 bridgehead atoms. The smallest absolute Gasteiger partial charge is 0.299 e. The Bertz CT molecular complexity index is 1060. The highest BCUT2D eigenvalue weighted by atomic mass is 35.5. The van der Waals surface area contributed by atoms with Crippen LogP contribution in [0.15, 0.2) is 59.6 Å². The van der Waals surface area contributed by atoms with E-state index in [1.165, 1.54) is 0 Å². The fourth-order valence-electron chi connectivity index (χ4n) is 2.79. The second-order valence-corrected chi connectivity index (χ2v) is 7.65. The minimum Gasteiger partial charge on any atom is -0.489 e. The highest BCUT2D eigenvalue weighted by Crippen LogP contribution is 2.25. The van der Waals surface area contributed by atoms with E-state index in [2.05, 4.69) is 10.1 Å². The van der Waals surface area contributed by atoms with Crippen molar-refractivity contribution in [1.82, 2.24) is 14.7 Å². The predicted octanol–water partition coefficient (Wildman–Crippen LogP) is 4.59. The van der Waals surface area contributed by atoms with Gasteiger partial charge in [-0.05, 0) is 43.7 Å². The molecule has 156 valence electrons. The number of aliphatic imine (C=N–C) groups is 1. The normalized spacial score (nSPS) is 11.4. The number of nitrogens with zero attached hydrogens (tertiary/aromatic N) is 4. The average Bonchev–Trinajstić information content (AvgIpc) is 3.08. The molecule has 1 heterocycles. The van der Waals surface area contributed by atoms with Crippen molar-refractivity contribution < 1.29 is 9.53 Å². The van der Waals surface area contributed by atoms with Crippen LogP contribution in [0.1, 0.15) is 34.2 Å². The molecule has 0 radical (unpaired) electrons. The van der Waals surface area contributed by atoms with Crippen LogP contribution in [0.5, 0.6) is 5.75 Å². The maximum atomic E-state index is 12.4. The number of rotatable bonds is 6. The summed E-state index contributed by atoms with van der Waals surface area (Å²) in [6, 6.07) is 17.2. The van der Waals surface area contributed by atoms with Crippen molar-refractivity contribution in [3.63, 3.8) is 0 Å². The second-order valence-electron chi connectivity index (χ2n) is 7.21. The molecule has 0 N–H and O–H groups in total. The lowest BCUT2D eigenvalue weighted by Gasteiger charge is -2.13. The maximum absolute atomic E-state index is 12.4. The summed E-state index contributed by atoms with van der Waals surface area (Å²) in [6.45, 7) is 4.57. The molecule has 1 amide bonds. The molecule has 3 aromatic rings. The first-order chi connectivity index (χ1) is 14.3. The van der Waals surface area contributed by atoms with Crippen molar-refractivity contribution in [3.05, 3.63) is 82.1 Å². The molecule has 0 aliphatic rings.